The first-order valence-corrected chi connectivity index (χ1v) is 10.6. The molecule has 1 aromatic carbocycles. The van der Waals surface area contributed by atoms with Crippen molar-refractivity contribution >= 4 is 23.4 Å². The lowest BCUT2D eigenvalue weighted by Crippen LogP contribution is -2.26. The molecule has 0 saturated carbocycles. The van der Waals surface area contributed by atoms with E-state index in [1.807, 2.05) is 13.8 Å². The van der Waals surface area contributed by atoms with Crippen molar-refractivity contribution in [3.63, 3.8) is 0 Å². The third-order valence-corrected chi connectivity index (χ3v) is 5.55. The van der Waals surface area contributed by atoms with Crippen LogP contribution in [0, 0.1) is 20.8 Å². The summed E-state index contributed by atoms with van der Waals surface area (Å²) in [5, 5.41) is 8.05. The van der Waals surface area contributed by atoms with Crippen molar-refractivity contribution in [2.24, 2.45) is 0 Å². The molecule has 0 aliphatic rings. The van der Waals surface area contributed by atoms with Gasteiger partial charge in [-0.2, -0.15) is 4.98 Å². The van der Waals surface area contributed by atoms with Crippen LogP contribution in [0.4, 0.5) is 0 Å². The van der Waals surface area contributed by atoms with E-state index in [-0.39, 0.29) is 5.91 Å². The van der Waals surface area contributed by atoms with Crippen molar-refractivity contribution in [2.75, 3.05) is 12.3 Å². The van der Waals surface area contributed by atoms with Crippen molar-refractivity contribution < 1.29 is 4.79 Å². The van der Waals surface area contributed by atoms with Crippen LogP contribution in [-0.4, -0.2) is 37.8 Å². The third-order valence-electron chi connectivity index (χ3n) is 4.72. The molecule has 3 aromatic rings. The Bertz CT molecular complexity index is 965. The fraction of sp³-hybridized carbons (Fsp3) is 0.429. The van der Waals surface area contributed by atoms with Crippen molar-refractivity contribution in [3.8, 4) is 0 Å². The highest BCUT2D eigenvalue weighted by molar-refractivity contribution is 7.99. The first-order valence-electron chi connectivity index (χ1n) is 9.65. The number of unbranched alkanes of at least 4 members (excludes halogenated alkanes) is 1. The average molecular weight is 398 g/mol. The van der Waals surface area contributed by atoms with Crippen LogP contribution in [0.25, 0.3) is 5.78 Å². The molecular formula is C21H27N5OS. The Kier molecular flexibility index (Phi) is 6.67. The molecule has 0 bridgehead atoms. The van der Waals surface area contributed by atoms with Gasteiger partial charge < -0.3 is 5.32 Å². The fourth-order valence-electron chi connectivity index (χ4n) is 3.00. The van der Waals surface area contributed by atoms with Crippen LogP contribution in [-0.2, 0) is 11.2 Å². The summed E-state index contributed by atoms with van der Waals surface area (Å²) in [6.45, 7) is 8.97. The molecule has 28 heavy (non-hydrogen) atoms. The van der Waals surface area contributed by atoms with Gasteiger partial charge in [0.2, 0.25) is 11.1 Å². The molecule has 6 nitrogen and oxygen atoms in total. The highest BCUT2D eigenvalue weighted by atomic mass is 32.2. The summed E-state index contributed by atoms with van der Waals surface area (Å²) in [5.41, 5.74) is 5.66. The molecule has 0 aliphatic heterocycles. The molecule has 2 heterocycles. The van der Waals surface area contributed by atoms with Gasteiger partial charge in [0.15, 0.2) is 0 Å². The summed E-state index contributed by atoms with van der Waals surface area (Å²) in [6, 6.07) is 8.56. The number of rotatable bonds is 8. The summed E-state index contributed by atoms with van der Waals surface area (Å²) in [4.78, 5) is 21.0. The van der Waals surface area contributed by atoms with E-state index in [1.54, 1.807) is 4.52 Å². The van der Waals surface area contributed by atoms with Gasteiger partial charge in [-0.05, 0) is 38.3 Å². The summed E-state index contributed by atoms with van der Waals surface area (Å²) in [6.07, 6.45) is 2.87. The van der Waals surface area contributed by atoms with E-state index in [4.69, 9.17) is 0 Å². The van der Waals surface area contributed by atoms with Crippen LogP contribution in [0.1, 0.15) is 47.8 Å². The van der Waals surface area contributed by atoms with Crippen molar-refractivity contribution in [3.05, 3.63) is 52.3 Å². The standard InChI is InChI=1S/C21H27N5OS/c1-5-6-11-22-19(27)13-28-21-24-20-23-15(3)18(16(4)26(20)25-21)12-17-9-7-14(2)8-10-17/h7-10H,5-6,11-13H2,1-4H3,(H,22,27). The predicted octanol–water partition coefficient (Wildman–Crippen LogP) is 3.65. The fourth-order valence-corrected chi connectivity index (χ4v) is 3.65. The van der Waals surface area contributed by atoms with E-state index in [0.29, 0.717) is 16.7 Å². The summed E-state index contributed by atoms with van der Waals surface area (Å²) in [5.74, 6) is 0.907. The van der Waals surface area contributed by atoms with Crippen LogP contribution in [0.2, 0.25) is 0 Å². The number of benzene rings is 1. The molecule has 0 radical (unpaired) electrons. The number of fused-ring (bicyclic) bond motifs is 1. The van der Waals surface area contributed by atoms with E-state index < -0.39 is 0 Å². The second-order valence-electron chi connectivity index (χ2n) is 7.02. The first-order chi connectivity index (χ1) is 13.5. The molecule has 1 amide bonds. The number of aromatic nitrogens is 4. The Hall–Kier alpha value is -2.41. The van der Waals surface area contributed by atoms with E-state index in [9.17, 15) is 4.79 Å². The van der Waals surface area contributed by atoms with Crippen LogP contribution < -0.4 is 5.32 Å². The molecule has 2 aromatic heterocycles. The number of carbonyl (C=O) groups is 1. The summed E-state index contributed by atoms with van der Waals surface area (Å²) in [7, 11) is 0. The molecule has 0 aliphatic carbocycles. The van der Waals surface area contributed by atoms with Gasteiger partial charge in [-0.3, -0.25) is 4.79 Å². The van der Waals surface area contributed by atoms with Gasteiger partial charge in [0.25, 0.3) is 5.78 Å². The minimum absolute atomic E-state index is 0.0122. The van der Waals surface area contributed by atoms with Gasteiger partial charge in [0.1, 0.15) is 0 Å². The van der Waals surface area contributed by atoms with E-state index in [0.717, 1.165) is 42.8 Å². The van der Waals surface area contributed by atoms with Gasteiger partial charge in [-0.15, -0.1) is 5.10 Å². The molecular weight excluding hydrogens is 370 g/mol. The Labute approximate surface area is 170 Å². The number of carbonyl (C=O) groups excluding carboxylic acids is 1. The lowest BCUT2D eigenvalue weighted by Gasteiger charge is -2.10. The first kappa shape index (κ1) is 20.3. The lowest BCUT2D eigenvalue weighted by molar-refractivity contribution is -0.118. The predicted molar refractivity (Wildman–Crippen MR) is 113 cm³/mol. The zero-order valence-corrected chi connectivity index (χ0v) is 17.8. The number of nitrogens with zero attached hydrogens (tertiary/aromatic N) is 4. The van der Waals surface area contributed by atoms with Crippen LogP contribution >= 0.6 is 11.8 Å². The third kappa shape index (κ3) is 4.90. The highest BCUT2D eigenvalue weighted by Crippen LogP contribution is 2.20. The zero-order chi connectivity index (χ0) is 20.1. The van der Waals surface area contributed by atoms with Gasteiger partial charge in [-0.25, -0.2) is 9.50 Å². The Balaban J connectivity index is 1.75. The lowest BCUT2D eigenvalue weighted by atomic mass is 10.0. The monoisotopic (exact) mass is 397 g/mol. The van der Waals surface area contributed by atoms with Crippen molar-refractivity contribution in [1.29, 1.82) is 0 Å². The highest BCUT2D eigenvalue weighted by Gasteiger charge is 2.15. The summed E-state index contributed by atoms with van der Waals surface area (Å²) < 4.78 is 1.79. The Morgan fingerprint density at radius 1 is 1.14 bits per heavy atom. The Morgan fingerprint density at radius 2 is 1.89 bits per heavy atom. The number of nitrogens with one attached hydrogen (secondary N) is 1. The second kappa shape index (κ2) is 9.19. The average Bonchev–Trinajstić information content (AvgIpc) is 3.08. The minimum atomic E-state index is 0.0122. The molecule has 148 valence electrons. The second-order valence-corrected chi connectivity index (χ2v) is 7.96. The summed E-state index contributed by atoms with van der Waals surface area (Å²) >= 11 is 1.34. The number of hydrogen-bond acceptors (Lipinski definition) is 5. The van der Waals surface area contributed by atoms with Crippen molar-refractivity contribution in [1.82, 2.24) is 24.9 Å². The Morgan fingerprint density at radius 3 is 2.61 bits per heavy atom. The molecule has 0 unspecified atom stereocenters. The number of hydrogen-bond donors (Lipinski definition) is 1. The van der Waals surface area contributed by atoms with Crippen LogP contribution in [0.3, 0.4) is 0 Å². The van der Waals surface area contributed by atoms with Crippen molar-refractivity contribution in [2.45, 2.75) is 52.1 Å². The SMILES string of the molecule is CCCCNC(=O)CSc1nc2nc(C)c(Cc3ccc(C)cc3)c(C)n2n1. The maximum absolute atomic E-state index is 11.9. The van der Waals surface area contributed by atoms with E-state index in [1.165, 1.54) is 22.9 Å². The molecule has 0 saturated heterocycles. The van der Waals surface area contributed by atoms with Gasteiger partial charge in [0.05, 0.1) is 5.75 Å². The van der Waals surface area contributed by atoms with Crippen LogP contribution in [0.15, 0.2) is 29.4 Å². The number of aryl methyl sites for hydroxylation is 3. The van der Waals surface area contributed by atoms with Gasteiger partial charge in [0, 0.05) is 24.4 Å². The van der Waals surface area contributed by atoms with Crippen LogP contribution in [0.5, 0.6) is 0 Å². The maximum Gasteiger partial charge on any atom is 0.253 e. The van der Waals surface area contributed by atoms with E-state index >= 15 is 0 Å². The molecule has 7 heteroatoms. The maximum atomic E-state index is 11.9. The quantitative estimate of drug-likeness (QED) is 0.464. The molecule has 0 fully saturated rings. The number of thioether (sulfide) groups is 1. The minimum Gasteiger partial charge on any atom is -0.355 e. The van der Waals surface area contributed by atoms with Gasteiger partial charge >= 0.3 is 0 Å². The zero-order valence-electron chi connectivity index (χ0n) is 17.0. The molecule has 3 rings (SSSR count). The van der Waals surface area contributed by atoms with Gasteiger partial charge in [-0.1, -0.05) is 54.9 Å². The molecule has 0 spiro atoms. The van der Waals surface area contributed by atoms with E-state index in [2.05, 4.69) is 58.5 Å². The molecule has 1 N–H and O–H groups in total. The topological polar surface area (TPSA) is 72.2 Å². The molecule has 0 atom stereocenters. The smallest absolute Gasteiger partial charge is 0.253 e. The largest absolute Gasteiger partial charge is 0.355 e. The normalized spacial score (nSPS) is 11.1. The number of amides is 1.